The third-order valence-corrected chi connectivity index (χ3v) is 4.26. The van der Waals surface area contributed by atoms with E-state index in [0.717, 1.165) is 12.8 Å². The summed E-state index contributed by atoms with van der Waals surface area (Å²) in [5.41, 5.74) is 0.0791. The first kappa shape index (κ1) is 23.8. The van der Waals surface area contributed by atoms with Gasteiger partial charge in [-0.15, -0.1) is 0 Å². The Labute approximate surface area is 167 Å². The average Bonchev–Trinajstić information content (AvgIpc) is 2.62. The smallest absolute Gasteiger partial charge is 0.425 e. The molecule has 0 aromatic heterocycles. The molecule has 1 unspecified atom stereocenters. The first-order chi connectivity index (χ1) is 12.7. The van der Waals surface area contributed by atoms with E-state index in [4.69, 9.17) is 9.84 Å². The number of aromatic carboxylic acids is 1. The maximum Gasteiger partial charge on any atom is 0.425 e. The lowest BCUT2D eigenvalue weighted by molar-refractivity contribution is -0.206. The molecule has 154 valence electrons. The molecule has 0 spiro atoms. The number of ether oxygens (including phenoxy) is 1. The van der Waals surface area contributed by atoms with Crippen molar-refractivity contribution >= 4 is 22.7 Å². The molecule has 4 nitrogen and oxygen atoms in total. The standard InChI is InChI=1S/C20H21F3O4.ClH/c1-2-3-4-5-6-17(20(21,22)23)27-19(26)16-10-8-13-11-15(18(24)25)9-7-14(13)12-16;/h7-12,17H,2-6H2,1H3,(H,24,25);1H/p-1. The number of esters is 1. The maximum absolute atomic E-state index is 13.1. The van der Waals surface area contributed by atoms with Crippen LogP contribution in [-0.2, 0) is 4.74 Å². The van der Waals surface area contributed by atoms with Gasteiger partial charge in [0.05, 0.1) is 11.1 Å². The predicted octanol–water partition coefficient (Wildman–Crippen LogP) is 2.60. The summed E-state index contributed by atoms with van der Waals surface area (Å²) < 4.78 is 44.2. The maximum atomic E-state index is 13.1. The fourth-order valence-electron chi connectivity index (χ4n) is 2.75. The van der Waals surface area contributed by atoms with E-state index in [9.17, 15) is 22.8 Å². The molecule has 0 saturated carbocycles. The van der Waals surface area contributed by atoms with Crippen molar-refractivity contribution in [2.75, 3.05) is 0 Å². The summed E-state index contributed by atoms with van der Waals surface area (Å²) in [7, 11) is 0. The largest absolute Gasteiger partial charge is 1.00 e. The van der Waals surface area contributed by atoms with Crippen molar-refractivity contribution in [2.24, 2.45) is 0 Å². The summed E-state index contributed by atoms with van der Waals surface area (Å²) in [4.78, 5) is 23.2. The second kappa shape index (κ2) is 10.3. The molecule has 0 bridgehead atoms. The van der Waals surface area contributed by atoms with E-state index >= 15 is 0 Å². The van der Waals surface area contributed by atoms with Crippen molar-refractivity contribution < 1.29 is 45.0 Å². The molecule has 8 heteroatoms. The zero-order valence-corrected chi connectivity index (χ0v) is 16.0. The van der Waals surface area contributed by atoms with Crippen molar-refractivity contribution in [2.45, 2.75) is 51.3 Å². The zero-order chi connectivity index (χ0) is 20.0. The molecule has 0 aliphatic heterocycles. The number of hydrogen-bond donors (Lipinski definition) is 1. The lowest BCUT2D eigenvalue weighted by Gasteiger charge is -2.20. The minimum Gasteiger partial charge on any atom is -1.00 e. The van der Waals surface area contributed by atoms with Crippen LogP contribution in [0.4, 0.5) is 13.2 Å². The SMILES string of the molecule is CCCCCCC(OC(=O)c1ccc2cc(C(=O)O)ccc2c1)C(F)(F)F.[Cl-]. The van der Waals surface area contributed by atoms with E-state index < -0.39 is 24.2 Å². The second-order valence-corrected chi connectivity index (χ2v) is 6.37. The van der Waals surface area contributed by atoms with Crippen molar-refractivity contribution in [3.8, 4) is 0 Å². The van der Waals surface area contributed by atoms with Crippen LogP contribution in [0.25, 0.3) is 10.8 Å². The number of benzene rings is 2. The van der Waals surface area contributed by atoms with Crippen molar-refractivity contribution in [1.82, 2.24) is 0 Å². The molecule has 0 aliphatic rings. The molecule has 0 fully saturated rings. The summed E-state index contributed by atoms with van der Waals surface area (Å²) in [5.74, 6) is -2.13. The summed E-state index contributed by atoms with van der Waals surface area (Å²) in [6.07, 6.45) is -4.28. The number of carbonyl (C=O) groups excluding carboxylic acids is 1. The van der Waals surface area contributed by atoms with Crippen LogP contribution in [0.5, 0.6) is 0 Å². The van der Waals surface area contributed by atoms with Crippen LogP contribution >= 0.6 is 0 Å². The minimum atomic E-state index is -4.62. The predicted molar refractivity (Wildman–Crippen MR) is 94.9 cm³/mol. The summed E-state index contributed by atoms with van der Waals surface area (Å²) in [5, 5.41) is 10.1. The summed E-state index contributed by atoms with van der Waals surface area (Å²) in [6, 6.07) is 8.52. The van der Waals surface area contributed by atoms with Crippen LogP contribution in [0.15, 0.2) is 36.4 Å². The number of unbranched alkanes of at least 4 members (excludes halogenated alkanes) is 3. The molecule has 2 rings (SSSR count). The second-order valence-electron chi connectivity index (χ2n) is 6.37. The third kappa shape index (κ3) is 6.41. The van der Waals surface area contributed by atoms with Gasteiger partial charge in [-0.3, -0.25) is 0 Å². The molecule has 1 N–H and O–H groups in total. The highest BCUT2D eigenvalue weighted by Gasteiger charge is 2.42. The van der Waals surface area contributed by atoms with Gasteiger partial charge >= 0.3 is 18.1 Å². The summed E-state index contributed by atoms with van der Waals surface area (Å²) >= 11 is 0. The van der Waals surface area contributed by atoms with E-state index in [2.05, 4.69) is 0 Å². The molecule has 28 heavy (non-hydrogen) atoms. The third-order valence-electron chi connectivity index (χ3n) is 4.26. The Morgan fingerprint density at radius 1 is 1.00 bits per heavy atom. The fourth-order valence-corrected chi connectivity index (χ4v) is 2.75. The number of alkyl halides is 3. The first-order valence-corrected chi connectivity index (χ1v) is 8.77. The molecule has 0 saturated heterocycles. The van der Waals surface area contributed by atoms with Crippen molar-refractivity contribution in [3.63, 3.8) is 0 Å². The van der Waals surface area contributed by atoms with Gasteiger partial charge in [-0.1, -0.05) is 38.3 Å². The van der Waals surface area contributed by atoms with Crippen LogP contribution in [0, 0.1) is 0 Å². The van der Waals surface area contributed by atoms with E-state index in [0.29, 0.717) is 23.6 Å². The fraction of sp³-hybridized carbons (Fsp3) is 0.400. The Balaban J connectivity index is 0.00000392. The molecule has 0 amide bonds. The highest BCUT2D eigenvalue weighted by atomic mass is 35.5. The van der Waals surface area contributed by atoms with Gasteiger partial charge < -0.3 is 22.3 Å². The Hall–Kier alpha value is -2.28. The molecular weight excluding hydrogens is 397 g/mol. The monoisotopic (exact) mass is 417 g/mol. The zero-order valence-electron chi connectivity index (χ0n) is 15.3. The van der Waals surface area contributed by atoms with Gasteiger partial charge in [0, 0.05) is 0 Å². The summed E-state index contributed by atoms with van der Waals surface area (Å²) in [6.45, 7) is 1.96. The van der Waals surface area contributed by atoms with Crippen molar-refractivity contribution in [1.29, 1.82) is 0 Å². The Bertz CT molecular complexity index is 821. The number of carbonyl (C=O) groups is 2. The van der Waals surface area contributed by atoms with E-state index in [-0.39, 0.29) is 30.0 Å². The highest BCUT2D eigenvalue weighted by Crippen LogP contribution is 2.28. The molecule has 0 aliphatic carbocycles. The molecule has 1 atom stereocenters. The number of carboxylic acids is 1. The van der Waals surface area contributed by atoms with Crippen LogP contribution in [0.2, 0.25) is 0 Å². The van der Waals surface area contributed by atoms with Gasteiger partial charge in [-0.05, 0) is 47.9 Å². The Morgan fingerprint density at radius 3 is 2.11 bits per heavy atom. The molecule has 0 heterocycles. The van der Waals surface area contributed by atoms with Crippen LogP contribution in [-0.4, -0.2) is 29.3 Å². The molecule has 2 aromatic carbocycles. The molecule has 0 radical (unpaired) electrons. The highest BCUT2D eigenvalue weighted by molar-refractivity contribution is 5.98. The lowest BCUT2D eigenvalue weighted by Crippen LogP contribution is -3.00. The van der Waals surface area contributed by atoms with Crippen molar-refractivity contribution in [3.05, 3.63) is 47.5 Å². The van der Waals surface area contributed by atoms with E-state index in [1.807, 2.05) is 6.92 Å². The normalized spacial score (nSPS) is 12.3. The molecular formula is C20H21ClF3O4-. The van der Waals surface area contributed by atoms with Crippen LogP contribution in [0.1, 0.15) is 59.7 Å². The van der Waals surface area contributed by atoms with Gasteiger partial charge in [0.25, 0.3) is 0 Å². The number of carboxylic acid groups (broad SMARTS) is 1. The van der Waals surface area contributed by atoms with Gasteiger partial charge in [0.15, 0.2) is 6.10 Å². The van der Waals surface area contributed by atoms with Gasteiger partial charge in [-0.2, -0.15) is 13.2 Å². The number of rotatable bonds is 8. The van der Waals surface area contributed by atoms with E-state index in [1.165, 1.54) is 36.4 Å². The minimum absolute atomic E-state index is 0. The topological polar surface area (TPSA) is 63.6 Å². The van der Waals surface area contributed by atoms with Gasteiger partial charge in [0.1, 0.15) is 0 Å². The van der Waals surface area contributed by atoms with E-state index in [1.54, 1.807) is 0 Å². The Morgan fingerprint density at radius 2 is 1.57 bits per heavy atom. The quantitative estimate of drug-likeness (QED) is 0.529. The van der Waals surface area contributed by atoms with Crippen LogP contribution < -0.4 is 12.4 Å². The number of fused-ring (bicyclic) bond motifs is 1. The number of hydrogen-bond acceptors (Lipinski definition) is 3. The van der Waals surface area contributed by atoms with Crippen LogP contribution in [0.3, 0.4) is 0 Å². The number of halogens is 4. The Kier molecular flexibility index (Phi) is 8.75. The lowest BCUT2D eigenvalue weighted by atomic mass is 10.0. The first-order valence-electron chi connectivity index (χ1n) is 8.77. The van der Waals surface area contributed by atoms with Gasteiger partial charge in [0.2, 0.25) is 0 Å². The van der Waals surface area contributed by atoms with Gasteiger partial charge in [-0.25, -0.2) is 9.59 Å². The molecule has 2 aromatic rings. The average molecular weight is 418 g/mol.